The van der Waals surface area contributed by atoms with E-state index in [4.69, 9.17) is 0 Å². The van der Waals surface area contributed by atoms with Crippen LogP contribution in [0, 0.1) is 0 Å². The number of nitrogens with zero attached hydrogens (tertiary/aromatic N) is 3. The summed E-state index contributed by atoms with van der Waals surface area (Å²) in [5.74, 6) is 0. The molecule has 0 saturated heterocycles. The molecule has 0 spiro atoms. The Balaban J connectivity index is 1.37. The number of benzene rings is 4. The molecule has 7 rings (SSSR count). The fraction of sp³-hybridized carbons (Fsp3) is 0.347. The van der Waals surface area contributed by atoms with Crippen molar-refractivity contribution in [2.45, 2.75) is 96.9 Å². The van der Waals surface area contributed by atoms with Crippen LogP contribution in [-0.4, -0.2) is 19.1 Å². The average molecular weight is 688 g/mol. The highest BCUT2D eigenvalue weighted by Crippen LogP contribution is 2.49. The summed E-state index contributed by atoms with van der Waals surface area (Å²) in [6.07, 6.45) is 16.7. The third-order valence-corrected chi connectivity index (χ3v) is 11.7. The van der Waals surface area contributed by atoms with Crippen molar-refractivity contribution in [2.24, 2.45) is 0 Å². The molecule has 3 nitrogen and oxygen atoms in total. The first kappa shape index (κ1) is 35.6. The quantitative estimate of drug-likeness (QED) is 0.147. The molecule has 1 unspecified atom stereocenters. The SMILES string of the molecule is CCCCN1/C(=C/C=C2\CCC(/C=C/C3N(CCCC)c4ccccc4C3(C)C)=C2N(c2ccccc2)c2ccccc2)C(C)(C)c2ccccc21. The molecule has 0 radical (unpaired) electrons. The zero-order valence-electron chi connectivity index (χ0n) is 32.3. The molecule has 2 heterocycles. The van der Waals surface area contributed by atoms with E-state index in [0.717, 1.165) is 25.9 Å². The van der Waals surface area contributed by atoms with Gasteiger partial charge in [0, 0.05) is 52.4 Å². The van der Waals surface area contributed by atoms with Gasteiger partial charge in [0.25, 0.3) is 0 Å². The molecule has 0 fully saturated rings. The van der Waals surface area contributed by atoms with Gasteiger partial charge in [-0.2, -0.15) is 0 Å². The van der Waals surface area contributed by atoms with Crippen LogP contribution in [0.4, 0.5) is 22.7 Å². The minimum absolute atomic E-state index is 0.00675. The molecule has 3 heteroatoms. The number of anilines is 4. The second kappa shape index (κ2) is 15.1. The summed E-state index contributed by atoms with van der Waals surface area (Å²) in [6, 6.07) is 40.3. The van der Waals surface area contributed by atoms with Crippen LogP contribution in [0.5, 0.6) is 0 Å². The molecule has 2 aliphatic heterocycles. The van der Waals surface area contributed by atoms with E-state index in [0.29, 0.717) is 0 Å². The van der Waals surface area contributed by atoms with Crippen LogP contribution in [0.2, 0.25) is 0 Å². The van der Waals surface area contributed by atoms with E-state index in [1.54, 1.807) is 0 Å². The molecule has 1 aliphatic carbocycles. The maximum absolute atomic E-state index is 2.67. The Hall–Kier alpha value is -4.76. The van der Waals surface area contributed by atoms with Gasteiger partial charge < -0.3 is 14.7 Å². The van der Waals surface area contributed by atoms with Gasteiger partial charge in [-0.05, 0) is 90.4 Å². The minimum atomic E-state index is -0.0732. The molecule has 3 aliphatic rings. The summed E-state index contributed by atoms with van der Waals surface area (Å²) in [6.45, 7) is 16.4. The Bertz CT molecular complexity index is 1940. The summed E-state index contributed by atoms with van der Waals surface area (Å²) in [5.41, 5.74) is 13.4. The molecule has 0 N–H and O–H groups in total. The topological polar surface area (TPSA) is 9.72 Å². The van der Waals surface area contributed by atoms with Crippen molar-refractivity contribution >= 4 is 22.7 Å². The molecule has 0 aromatic heterocycles. The summed E-state index contributed by atoms with van der Waals surface area (Å²) in [4.78, 5) is 7.76. The van der Waals surface area contributed by atoms with Crippen LogP contribution in [-0.2, 0) is 10.8 Å². The maximum atomic E-state index is 2.67. The molecule has 268 valence electrons. The van der Waals surface area contributed by atoms with E-state index in [1.807, 2.05) is 0 Å². The largest absolute Gasteiger partial charge is 0.364 e. The summed E-state index contributed by atoms with van der Waals surface area (Å²) in [5, 5.41) is 0. The highest BCUT2D eigenvalue weighted by Gasteiger charge is 2.43. The number of hydrogen-bond acceptors (Lipinski definition) is 3. The standard InChI is InChI=1S/C49H57N3/c1-7-9-35-50-43-27-19-17-25-41(43)48(3,4)45(50)33-31-37-29-30-38(47(37)52(39-21-13-11-14-22-39)40-23-15-12-16-24-40)32-34-46-49(5,6)42-26-18-20-28-44(42)51(46)36-10-8-2/h11-28,31-34,45H,7-10,29-30,35-36H2,1-6H3/b33-31+,38-32+,46-34+. The lowest BCUT2D eigenvalue weighted by Crippen LogP contribution is -2.40. The molecule has 52 heavy (non-hydrogen) atoms. The summed E-state index contributed by atoms with van der Waals surface area (Å²) in [7, 11) is 0. The van der Waals surface area contributed by atoms with Crippen LogP contribution in [0.3, 0.4) is 0 Å². The van der Waals surface area contributed by atoms with Gasteiger partial charge >= 0.3 is 0 Å². The van der Waals surface area contributed by atoms with E-state index in [9.17, 15) is 0 Å². The maximum Gasteiger partial charge on any atom is 0.0568 e. The van der Waals surface area contributed by atoms with Crippen LogP contribution in [0.15, 0.2) is 156 Å². The van der Waals surface area contributed by atoms with Gasteiger partial charge in [0.2, 0.25) is 0 Å². The Morgan fingerprint density at radius 1 is 0.654 bits per heavy atom. The van der Waals surface area contributed by atoms with E-state index in [2.05, 4.69) is 190 Å². The number of hydrogen-bond donors (Lipinski definition) is 0. The predicted molar refractivity (Wildman–Crippen MR) is 224 cm³/mol. The first-order valence-corrected chi connectivity index (χ1v) is 19.7. The van der Waals surface area contributed by atoms with Gasteiger partial charge in [0.1, 0.15) is 0 Å². The van der Waals surface area contributed by atoms with Gasteiger partial charge in [-0.25, -0.2) is 0 Å². The average Bonchev–Trinajstić information content (AvgIpc) is 3.73. The fourth-order valence-corrected chi connectivity index (χ4v) is 8.87. The predicted octanol–water partition coefficient (Wildman–Crippen LogP) is 12.8. The van der Waals surface area contributed by atoms with Gasteiger partial charge in [0.15, 0.2) is 0 Å². The molecular weight excluding hydrogens is 631 g/mol. The highest BCUT2D eigenvalue weighted by atomic mass is 15.2. The van der Waals surface area contributed by atoms with Crippen molar-refractivity contribution in [3.05, 3.63) is 167 Å². The van der Waals surface area contributed by atoms with Gasteiger partial charge in [0.05, 0.1) is 11.7 Å². The summed E-state index contributed by atoms with van der Waals surface area (Å²) < 4.78 is 0. The number of rotatable bonds is 12. The third kappa shape index (κ3) is 6.55. The Morgan fingerprint density at radius 2 is 1.23 bits per heavy atom. The van der Waals surface area contributed by atoms with Gasteiger partial charge in [-0.1, -0.05) is 145 Å². The second-order valence-corrected chi connectivity index (χ2v) is 15.9. The van der Waals surface area contributed by atoms with Crippen LogP contribution in [0.1, 0.15) is 91.2 Å². The number of unbranched alkanes of at least 4 members (excludes halogenated alkanes) is 2. The molecule has 4 aromatic carbocycles. The van der Waals surface area contributed by atoms with E-state index in [1.165, 1.54) is 82.1 Å². The monoisotopic (exact) mass is 687 g/mol. The number of allylic oxidation sites excluding steroid dienone is 6. The summed E-state index contributed by atoms with van der Waals surface area (Å²) >= 11 is 0. The normalized spacial score (nSPS) is 20.4. The van der Waals surface area contributed by atoms with Crippen LogP contribution < -0.4 is 14.7 Å². The lowest BCUT2D eigenvalue weighted by atomic mass is 9.80. The first-order chi connectivity index (χ1) is 25.3. The minimum Gasteiger partial charge on any atom is -0.364 e. The molecule has 1 atom stereocenters. The molecule has 0 bridgehead atoms. The first-order valence-electron chi connectivity index (χ1n) is 19.7. The number of fused-ring (bicyclic) bond motifs is 2. The van der Waals surface area contributed by atoms with E-state index >= 15 is 0 Å². The van der Waals surface area contributed by atoms with E-state index in [-0.39, 0.29) is 16.9 Å². The smallest absolute Gasteiger partial charge is 0.0568 e. The number of para-hydroxylation sites is 4. The molecule has 4 aromatic rings. The van der Waals surface area contributed by atoms with E-state index < -0.39 is 0 Å². The molecular formula is C49H57N3. The van der Waals surface area contributed by atoms with Gasteiger partial charge in [-0.15, -0.1) is 0 Å². The van der Waals surface area contributed by atoms with Crippen LogP contribution in [0.25, 0.3) is 0 Å². The second-order valence-electron chi connectivity index (χ2n) is 15.9. The zero-order chi connectivity index (χ0) is 36.3. The van der Waals surface area contributed by atoms with Gasteiger partial charge in [-0.3, -0.25) is 0 Å². The lowest BCUT2D eigenvalue weighted by molar-refractivity contribution is 0.471. The van der Waals surface area contributed by atoms with Crippen molar-refractivity contribution in [1.82, 2.24) is 0 Å². The Kier molecular flexibility index (Phi) is 10.3. The van der Waals surface area contributed by atoms with Crippen molar-refractivity contribution in [2.75, 3.05) is 27.8 Å². The van der Waals surface area contributed by atoms with Crippen molar-refractivity contribution < 1.29 is 0 Å². The van der Waals surface area contributed by atoms with Crippen molar-refractivity contribution in [3.63, 3.8) is 0 Å². The van der Waals surface area contributed by atoms with Crippen molar-refractivity contribution in [3.8, 4) is 0 Å². The fourth-order valence-electron chi connectivity index (χ4n) is 8.87. The Labute approximate surface area is 313 Å². The lowest BCUT2D eigenvalue weighted by Gasteiger charge is -2.33. The van der Waals surface area contributed by atoms with Crippen molar-refractivity contribution in [1.29, 1.82) is 0 Å². The zero-order valence-corrected chi connectivity index (χ0v) is 32.3. The third-order valence-electron chi connectivity index (χ3n) is 11.7. The highest BCUT2D eigenvalue weighted by molar-refractivity contribution is 5.75. The Morgan fingerprint density at radius 3 is 1.88 bits per heavy atom. The molecule has 0 amide bonds. The van der Waals surface area contributed by atoms with Crippen LogP contribution >= 0.6 is 0 Å². The molecule has 0 saturated carbocycles.